The summed E-state index contributed by atoms with van der Waals surface area (Å²) in [6, 6.07) is -0.906. The maximum absolute atomic E-state index is 11.4. The van der Waals surface area contributed by atoms with Crippen molar-refractivity contribution in [2.24, 2.45) is 0 Å². The monoisotopic (exact) mass is 197 g/mol. The molecule has 0 fully saturated rings. The highest BCUT2D eigenvalue weighted by molar-refractivity contribution is 5.97. The van der Waals surface area contributed by atoms with E-state index in [4.69, 9.17) is 5.11 Å². The van der Waals surface area contributed by atoms with Crippen LogP contribution in [0.4, 0.5) is 0 Å². The number of H-pyrrole nitrogens is 1. The lowest BCUT2D eigenvalue weighted by Crippen LogP contribution is -2.38. The Morgan fingerprint density at radius 1 is 1.64 bits per heavy atom. The lowest BCUT2D eigenvalue weighted by atomic mass is 10.2. The Morgan fingerprint density at radius 2 is 2.29 bits per heavy atom. The molecule has 1 aromatic heterocycles. The molecule has 1 atom stereocenters. The number of aliphatic carboxylic acids is 1. The van der Waals surface area contributed by atoms with Crippen LogP contribution >= 0.6 is 0 Å². The van der Waals surface area contributed by atoms with Gasteiger partial charge in [0, 0.05) is 5.69 Å². The molecule has 0 aliphatic heterocycles. The second-order valence-corrected chi connectivity index (χ2v) is 2.94. The minimum atomic E-state index is -1.07. The Morgan fingerprint density at radius 3 is 2.71 bits per heavy atom. The first-order valence-electron chi connectivity index (χ1n) is 4.06. The van der Waals surface area contributed by atoms with Crippen LogP contribution in [0.5, 0.6) is 0 Å². The van der Waals surface area contributed by atoms with Crippen molar-refractivity contribution in [1.29, 1.82) is 0 Å². The van der Waals surface area contributed by atoms with Crippen molar-refractivity contribution >= 4 is 11.9 Å². The molecule has 1 aromatic rings. The van der Waals surface area contributed by atoms with Gasteiger partial charge in [-0.15, -0.1) is 0 Å². The molecule has 0 aliphatic carbocycles. The fourth-order valence-electron chi connectivity index (χ4n) is 0.916. The summed E-state index contributed by atoms with van der Waals surface area (Å²) >= 11 is 0. The second kappa shape index (κ2) is 3.91. The maximum Gasteiger partial charge on any atom is 0.325 e. The van der Waals surface area contributed by atoms with E-state index in [0.29, 0.717) is 11.3 Å². The van der Waals surface area contributed by atoms with Gasteiger partial charge in [-0.2, -0.15) is 5.10 Å². The highest BCUT2D eigenvalue weighted by Crippen LogP contribution is 2.02. The van der Waals surface area contributed by atoms with Gasteiger partial charge in [-0.25, -0.2) is 0 Å². The molecular weight excluding hydrogens is 186 g/mol. The summed E-state index contributed by atoms with van der Waals surface area (Å²) in [7, 11) is 0. The highest BCUT2D eigenvalue weighted by Gasteiger charge is 2.17. The number of amides is 1. The number of nitrogens with zero attached hydrogens (tertiary/aromatic N) is 1. The molecule has 0 saturated carbocycles. The van der Waals surface area contributed by atoms with Gasteiger partial charge >= 0.3 is 5.97 Å². The number of aromatic amines is 1. The number of nitrogens with one attached hydrogen (secondary N) is 2. The van der Waals surface area contributed by atoms with Crippen LogP contribution in [0.25, 0.3) is 0 Å². The Bertz CT molecular complexity index is 358. The SMILES string of the molecule is Cc1[nH]ncc1C(=O)N[C@H](C)C(=O)O. The van der Waals surface area contributed by atoms with Crippen molar-refractivity contribution in [2.45, 2.75) is 19.9 Å². The van der Waals surface area contributed by atoms with Gasteiger partial charge in [0.2, 0.25) is 0 Å². The highest BCUT2D eigenvalue weighted by atomic mass is 16.4. The lowest BCUT2D eigenvalue weighted by molar-refractivity contribution is -0.138. The minimum absolute atomic E-state index is 0.359. The van der Waals surface area contributed by atoms with Gasteiger partial charge in [-0.1, -0.05) is 0 Å². The first kappa shape index (κ1) is 10.2. The van der Waals surface area contributed by atoms with Crippen LogP contribution in [0.15, 0.2) is 6.20 Å². The van der Waals surface area contributed by atoms with Gasteiger partial charge in [0.1, 0.15) is 6.04 Å². The van der Waals surface area contributed by atoms with Gasteiger partial charge in [-0.3, -0.25) is 14.7 Å². The van der Waals surface area contributed by atoms with E-state index in [1.807, 2.05) is 0 Å². The van der Waals surface area contributed by atoms with Crippen molar-refractivity contribution in [3.05, 3.63) is 17.5 Å². The number of carboxylic acids is 1. The molecular formula is C8H11N3O3. The second-order valence-electron chi connectivity index (χ2n) is 2.94. The predicted octanol–water partition coefficient (Wildman–Crippen LogP) is -0.0790. The summed E-state index contributed by atoms with van der Waals surface area (Å²) in [5.74, 6) is -1.51. The van der Waals surface area contributed by atoms with E-state index in [0.717, 1.165) is 0 Å². The van der Waals surface area contributed by atoms with E-state index < -0.39 is 17.9 Å². The molecule has 1 rings (SSSR count). The van der Waals surface area contributed by atoms with Gasteiger partial charge in [-0.05, 0) is 13.8 Å². The summed E-state index contributed by atoms with van der Waals surface area (Å²) in [6.45, 7) is 3.09. The summed E-state index contributed by atoms with van der Waals surface area (Å²) in [5, 5.41) is 17.1. The molecule has 76 valence electrons. The van der Waals surface area contributed by atoms with E-state index in [-0.39, 0.29) is 0 Å². The van der Waals surface area contributed by atoms with E-state index in [1.165, 1.54) is 13.1 Å². The molecule has 0 bridgehead atoms. The molecule has 1 heterocycles. The topological polar surface area (TPSA) is 95.1 Å². The third-order valence-electron chi connectivity index (χ3n) is 1.79. The van der Waals surface area contributed by atoms with E-state index in [2.05, 4.69) is 15.5 Å². The van der Waals surface area contributed by atoms with Crippen molar-refractivity contribution in [2.75, 3.05) is 0 Å². The Labute approximate surface area is 80.3 Å². The number of aromatic nitrogens is 2. The fraction of sp³-hybridized carbons (Fsp3) is 0.375. The lowest BCUT2D eigenvalue weighted by Gasteiger charge is -2.07. The Hall–Kier alpha value is -1.85. The minimum Gasteiger partial charge on any atom is -0.480 e. The zero-order chi connectivity index (χ0) is 10.7. The van der Waals surface area contributed by atoms with Crippen LogP contribution < -0.4 is 5.32 Å². The summed E-state index contributed by atoms with van der Waals surface area (Å²) < 4.78 is 0. The van der Waals surface area contributed by atoms with E-state index >= 15 is 0 Å². The van der Waals surface area contributed by atoms with Crippen LogP contribution in [0, 0.1) is 6.92 Å². The number of carbonyl (C=O) groups is 2. The van der Waals surface area contributed by atoms with Crippen LogP contribution in [0.1, 0.15) is 23.0 Å². The van der Waals surface area contributed by atoms with E-state index in [9.17, 15) is 9.59 Å². The predicted molar refractivity (Wildman–Crippen MR) is 47.9 cm³/mol. The molecule has 0 unspecified atom stereocenters. The van der Waals surface area contributed by atoms with Crippen LogP contribution in [-0.4, -0.2) is 33.2 Å². The zero-order valence-corrected chi connectivity index (χ0v) is 7.87. The number of carbonyl (C=O) groups excluding carboxylic acids is 1. The van der Waals surface area contributed by atoms with Crippen LogP contribution in [0.2, 0.25) is 0 Å². The van der Waals surface area contributed by atoms with Gasteiger partial charge in [0.25, 0.3) is 5.91 Å². The standard InChI is InChI=1S/C8H11N3O3/c1-4-6(3-9-11-4)7(12)10-5(2)8(13)14/h3,5H,1-2H3,(H,9,11)(H,10,12)(H,13,14)/t5-/m1/s1. The van der Waals surface area contributed by atoms with Crippen molar-refractivity contribution in [3.63, 3.8) is 0 Å². The van der Waals surface area contributed by atoms with Gasteiger partial charge in [0.15, 0.2) is 0 Å². The molecule has 6 heteroatoms. The van der Waals surface area contributed by atoms with Crippen LogP contribution in [-0.2, 0) is 4.79 Å². The number of carboxylic acid groups (broad SMARTS) is 1. The molecule has 14 heavy (non-hydrogen) atoms. The number of hydrogen-bond donors (Lipinski definition) is 3. The van der Waals surface area contributed by atoms with Gasteiger partial charge in [0.05, 0.1) is 11.8 Å². The number of aryl methyl sites for hydroxylation is 1. The molecule has 1 amide bonds. The molecule has 0 aliphatic rings. The first-order valence-corrected chi connectivity index (χ1v) is 4.06. The smallest absolute Gasteiger partial charge is 0.325 e. The molecule has 0 saturated heterocycles. The Balaban J connectivity index is 2.69. The molecule has 6 nitrogen and oxygen atoms in total. The average Bonchev–Trinajstić information content (AvgIpc) is 2.51. The number of rotatable bonds is 3. The van der Waals surface area contributed by atoms with Crippen molar-refractivity contribution < 1.29 is 14.7 Å². The summed E-state index contributed by atoms with van der Waals surface area (Å²) in [6.07, 6.45) is 1.36. The maximum atomic E-state index is 11.4. The fourth-order valence-corrected chi connectivity index (χ4v) is 0.916. The largest absolute Gasteiger partial charge is 0.480 e. The molecule has 0 aromatic carbocycles. The zero-order valence-electron chi connectivity index (χ0n) is 7.87. The van der Waals surface area contributed by atoms with Crippen molar-refractivity contribution in [1.82, 2.24) is 15.5 Å². The van der Waals surface area contributed by atoms with Crippen molar-refractivity contribution in [3.8, 4) is 0 Å². The van der Waals surface area contributed by atoms with E-state index in [1.54, 1.807) is 6.92 Å². The first-order chi connectivity index (χ1) is 6.52. The van der Waals surface area contributed by atoms with Gasteiger partial charge < -0.3 is 10.4 Å². The molecule has 0 radical (unpaired) electrons. The third-order valence-corrected chi connectivity index (χ3v) is 1.79. The summed E-state index contributed by atoms with van der Waals surface area (Å²) in [4.78, 5) is 21.9. The third kappa shape index (κ3) is 2.09. The average molecular weight is 197 g/mol. The molecule has 0 spiro atoms. The quantitative estimate of drug-likeness (QED) is 0.631. The summed E-state index contributed by atoms with van der Waals surface area (Å²) in [5.41, 5.74) is 0.971. The van der Waals surface area contributed by atoms with Crippen LogP contribution in [0.3, 0.4) is 0 Å². The molecule has 3 N–H and O–H groups in total. The normalized spacial score (nSPS) is 12.1. The Kier molecular flexibility index (Phi) is 2.85. The number of hydrogen-bond acceptors (Lipinski definition) is 3.